The Balaban J connectivity index is 1.96. The van der Waals surface area contributed by atoms with E-state index in [1.54, 1.807) is 0 Å². The zero-order valence-electron chi connectivity index (χ0n) is 11.6. The van der Waals surface area contributed by atoms with Crippen LogP contribution in [0.2, 0.25) is 5.02 Å². The molecule has 0 spiro atoms. The second-order valence-electron chi connectivity index (χ2n) is 4.74. The smallest absolute Gasteiger partial charge is 0.0406 e. The lowest BCUT2D eigenvalue weighted by Crippen LogP contribution is -1.84. The van der Waals surface area contributed by atoms with E-state index in [9.17, 15) is 0 Å². The fraction of sp³-hybridized carbons (Fsp3) is 0.158. The van der Waals surface area contributed by atoms with Crippen LogP contribution in [0.25, 0.3) is 11.1 Å². The predicted molar refractivity (Wildman–Crippen MR) is 89.2 cm³/mol. The van der Waals surface area contributed by atoms with Crippen molar-refractivity contribution in [2.45, 2.75) is 19.3 Å². The van der Waals surface area contributed by atoms with Gasteiger partial charge in [0.25, 0.3) is 0 Å². The number of aryl methyl sites for hydroxylation is 1. The number of rotatable bonds is 6. The third kappa shape index (κ3) is 4.40. The minimum absolute atomic E-state index is 0.775. The molecule has 0 saturated carbocycles. The first kappa shape index (κ1) is 14.6. The lowest BCUT2D eigenvalue weighted by molar-refractivity contribution is 0.997. The minimum atomic E-state index is 0.775. The van der Waals surface area contributed by atoms with Crippen LogP contribution >= 0.6 is 11.6 Å². The molecular formula is C19H19Cl. The van der Waals surface area contributed by atoms with Gasteiger partial charge in [-0.15, -0.1) is 6.58 Å². The van der Waals surface area contributed by atoms with Crippen molar-refractivity contribution in [2.24, 2.45) is 0 Å². The van der Waals surface area contributed by atoms with Crippen molar-refractivity contribution < 1.29 is 0 Å². The molecule has 0 aliphatic rings. The SMILES string of the molecule is C=CC/C=C/CCc1ccc(-c2ccc(Cl)cc2)cc1. The van der Waals surface area contributed by atoms with E-state index in [1.807, 2.05) is 18.2 Å². The fourth-order valence-electron chi connectivity index (χ4n) is 2.07. The summed E-state index contributed by atoms with van der Waals surface area (Å²) in [6, 6.07) is 16.7. The summed E-state index contributed by atoms with van der Waals surface area (Å²) in [7, 11) is 0. The van der Waals surface area contributed by atoms with Crippen LogP contribution in [0.5, 0.6) is 0 Å². The molecule has 0 aliphatic heterocycles. The standard InChI is InChI=1S/C19H19Cl/c1-2-3-4-5-6-7-16-8-10-17(11-9-16)18-12-14-19(20)15-13-18/h2,4-5,8-15H,1,3,6-7H2/b5-4+. The van der Waals surface area contributed by atoms with Gasteiger partial charge < -0.3 is 0 Å². The van der Waals surface area contributed by atoms with Gasteiger partial charge in [-0.2, -0.15) is 0 Å². The molecule has 0 radical (unpaired) electrons. The van der Waals surface area contributed by atoms with Gasteiger partial charge in [-0.05, 0) is 48.1 Å². The first-order valence-corrected chi connectivity index (χ1v) is 7.28. The van der Waals surface area contributed by atoms with Gasteiger partial charge in [0.1, 0.15) is 0 Å². The molecule has 2 aromatic carbocycles. The Morgan fingerprint density at radius 1 is 0.850 bits per heavy atom. The maximum atomic E-state index is 5.91. The molecule has 0 unspecified atom stereocenters. The van der Waals surface area contributed by atoms with E-state index in [1.165, 1.54) is 16.7 Å². The Labute approximate surface area is 126 Å². The molecule has 0 N–H and O–H groups in total. The van der Waals surface area contributed by atoms with Gasteiger partial charge in [0.2, 0.25) is 0 Å². The highest BCUT2D eigenvalue weighted by Crippen LogP contribution is 2.22. The summed E-state index contributed by atoms with van der Waals surface area (Å²) in [4.78, 5) is 0. The highest BCUT2D eigenvalue weighted by molar-refractivity contribution is 6.30. The molecule has 0 atom stereocenters. The summed E-state index contributed by atoms with van der Waals surface area (Å²) < 4.78 is 0. The van der Waals surface area contributed by atoms with Crippen LogP contribution in [0.3, 0.4) is 0 Å². The van der Waals surface area contributed by atoms with Crippen LogP contribution < -0.4 is 0 Å². The topological polar surface area (TPSA) is 0 Å². The second kappa shape index (κ2) is 7.72. The number of hydrogen-bond acceptors (Lipinski definition) is 0. The minimum Gasteiger partial charge on any atom is -0.103 e. The first-order valence-electron chi connectivity index (χ1n) is 6.90. The quantitative estimate of drug-likeness (QED) is 0.564. The zero-order valence-corrected chi connectivity index (χ0v) is 12.3. The Morgan fingerprint density at radius 2 is 1.45 bits per heavy atom. The van der Waals surface area contributed by atoms with E-state index in [2.05, 4.69) is 55.1 Å². The maximum Gasteiger partial charge on any atom is 0.0406 e. The molecule has 0 bridgehead atoms. The molecular weight excluding hydrogens is 264 g/mol. The Hall–Kier alpha value is -1.79. The van der Waals surface area contributed by atoms with E-state index >= 15 is 0 Å². The second-order valence-corrected chi connectivity index (χ2v) is 5.17. The van der Waals surface area contributed by atoms with Gasteiger partial charge in [0, 0.05) is 5.02 Å². The average Bonchev–Trinajstić information content (AvgIpc) is 2.49. The lowest BCUT2D eigenvalue weighted by atomic mass is 10.0. The summed E-state index contributed by atoms with van der Waals surface area (Å²) in [6.45, 7) is 3.70. The summed E-state index contributed by atoms with van der Waals surface area (Å²) in [5.74, 6) is 0. The van der Waals surface area contributed by atoms with Gasteiger partial charge >= 0.3 is 0 Å². The molecule has 0 nitrogen and oxygen atoms in total. The average molecular weight is 283 g/mol. The first-order chi connectivity index (χ1) is 9.79. The Morgan fingerprint density at radius 3 is 2.05 bits per heavy atom. The van der Waals surface area contributed by atoms with Gasteiger partial charge in [0.05, 0.1) is 0 Å². The maximum absolute atomic E-state index is 5.91. The third-order valence-electron chi connectivity index (χ3n) is 3.20. The van der Waals surface area contributed by atoms with Gasteiger partial charge in [-0.3, -0.25) is 0 Å². The molecule has 0 fully saturated rings. The van der Waals surface area contributed by atoms with E-state index in [-0.39, 0.29) is 0 Å². The molecule has 0 heterocycles. The third-order valence-corrected chi connectivity index (χ3v) is 3.45. The molecule has 0 saturated heterocycles. The van der Waals surface area contributed by atoms with Crippen molar-refractivity contribution in [3.8, 4) is 11.1 Å². The lowest BCUT2D eigenvalue weighted by Gasteiger charge is -2.04. The zero-order chi connectivity index (χ0) is 14.2. The van der Waals surface area contributed by atoms with Crippen LogP contribution in [-0.4, -0.2) is 0 Å². The molecule has 1 heteroatoms. The van der Waals surface area contributed by atoms with Crippen molar-refractivity contribution in [2.75, 3.05) is 0 Å². The van der Waals surface area contributed by atoms with Gasteiger partial charge in [0.15, 0.2) is 0 Å². The van der Waals surface area contributed by atoms with Crippen molar-refractivity contribution in [1.29, 1.82) is 0 Å². The molecule has 2 rings (SSSR count). The largest absolute Gasteiger partial charge is 0.103 e. The summed E-state index contributed by atoms with van der Waals surface area (Å²) in [5, 5.41) is 0.775. The van der Waals surface area contributed by atoms with Crippen LogP contribution in [0.15, 0.2) is 73.3 Å². The van der Waals surface area contributed by atoms with Crippen LogP contribution in [-0.2, 0) is 6.42 Å². The van der Waals surface area contributed by atoms with Gasteiger partial charge in [-0.1, -0.05) is 66.2 Å². The summed E-state index contributed by atoms with van der Waals surface area (Å²) in [5.41, 5.74) is 3.80. The highest BCUT2D eigenvalue weighted by Gasteiger charge is 1.98. The van der Waals surface area contributed by atoms with E-state index in [4.69, 9.17) is 11.6 Å². The van der Waals surface area contributed by atoms with Crippen molar-refractivity contribution in [1.82, 2.24) is 0 Å². The van der Waals surface area contributed by atoms with Crippen molar-refractivity contribution >= 4 is 11.6 Å². The normalized spacial score (nSPS) is 10.8. The highest BCUT2D eigenvalue weighted by atomic mass is 35.5. The number of hydrogen-bond donors (Lipinski definition) is 0. The van der Waals surface area contributed by atoms with E-state index < -0.39 is 0 Å². The fourth-order valence-corrected chi connectivity index (χ4v) is 2.19. The van der Waals surface area contributed by atoms with Crippen molar-refractivity contribution in [3.63, 3.8) is 0 Å². The molecule has 2 aromatic rings. The van der Waals surface area contributed by atoms with Gasteiger partial charge in [-0.25, -0.2) is 0 Å². The molecule has 0 aromatic heterocycles. The molecule has 102 valence electrons. The van der Waals surface area contributed by atoms with E-state index in [0.717, 1.165) is 24.3 Å². The van der Waals surface area contributed by atoms with Crippen LogP contribution in [0.1, 0.15) is 18.4 Å². The molecule has 0 aliphatic carbocycles. The number of benzene rings is 2. The summed E-state index contributed by atoms with van der Waals surface area (Å²) >= 11 is 5.91. The molecule has 0 amide bonds. The van der Waals surface area contributed by atoms with Crippen LogP contribution in [0, 0.1) is 0 Å². The van der Waals surface area contributed by atoms with E-state index in [0.29, 0.717) is 0 Å². The molecule has 20 heavy (non-hydrogen) atoms. The Kier molecular flexibility index (Phi) is 5.64. The Bertz CT molecular complexity index is 562. The summed E-state index contributed by atoms with van der Waals surface area (Å²) in [6.07, 6.45) is 9.40. The monoisotopic (exact) mass is 282 g/mol. The number of halogens is 1. The predicted octanol–water partition coefficient (Wildman–Crippen LogP) is 6.07. The van der Waals surface area contributed by atoms with Crippen molar-refractivity contribution in [3.05, 3.63) is 83.9 Å². The van der Waals surface area contributed by atoms with Crippen LogP contribution in [0.4, 0.5) is 0 Å². The number of allylic oxidation sites excluding steroid dienone is 3.